The number of nitro groups is 1. The van der Waals surface area contributed by atoms with E-state index in [9.17, 15) is 14.9 Å². The number of nitro benzene ring substituents is 1. The molecular formula is C15H12N4O3S2. The summed E-state index contributed by atoms with van der Waals surface area (Å²) in [4.78, 5) is 22.4. The summed E-state index contributed by atoms with van der Waals surface area (Å²) in [5, 5.41) is 16.4. The van der Waals surface area contributed by atoms with E-state index in [1.54, 1.807) is 24.4 Å². The lowest BCUT2D eigenvalue weighted by atomic mass is 10.2. The number of nitrogens with zero attached hydrogens (tertiary/aromatic N) is 4. The van der Waals surface area contributed by atoms with E-state index in [2.05, 4.69) is 5.10 Å². The molecule has 2 aromatic rings. The van der Waals surface area contributed by atoms with E-state index in [0.29, 0.717) is 22.2 Å². The molecule has 1 aliphatic rings. The van der Waals surface area contributed by atoms with Gasteiger partial charge in [-0.05, 0) is 12.1 Å². The first-order valence-electron chi connectivity index (χ1n) is 6.97. The van der Waals surface area contributed by atoms with Gasteiger partial charge >= 0.3 is 0 Å². The van der Waals surface area contributed by atoms with Crippen LogP contribution in [-0.2, 0) is 11.3 Å². The van der Waals surface area contributed by atoms with Gasteiger partial charge in [0, 0.05) is 17.8 Å². The zero-order valence-corrected chi connectivity index (χ0v) is 14.0. The third kappa shape index (κ3) is 3.36. The standard InChI is InChI=1S/C15H12N4O3S2/c20-14-10-24-15(23)18(14)16-8-12-5-3-7-17(12)9-11-4-1-2-6-13(11)19(21)22/h1-8H,9-10H2/b16-8+. The molecule has 122 valence electrons. The van der Waals surface area contributed by atoms with Gasteiger partial charge in [0.1, 0.15) is 0 Å². The zero-order chi connectivity index (χ0) is 17.1. The maximum absolute atomic E-state index is 11.7. The molecule has 1 fully saturated rings. The topological polar surface area (TPSA) is 80.7 Å². The number of para-hydroxylation sites is 1. The Bertz CT molecular complexity index is 831. The van der Waals surface area contributed by atoms with Crippen LogP contribution in [0.5, 0.6) is 0 Å². The lowest BCUT2D eigenvalue weighted by molar-refractivity contribution is -0.385. The minimum atomic E-state index is -0.398. The van der Waals surface area contributed by atoms with Gasteiger partial charge in [-0.2, -0.15) is 10.1 Å². The van der Waals surface area contributed by atoms with E-state index >= 15 is 0 Å². The summed E-state index contributed by atoms with van der Waals surface area (Å²) in [7, 11) is 0. The van der Waals surface area contributed by atoms with Crippen LogP contribution in [0, 0.1) is 10.1 Å². The highest BCUT2D eigenvalue weighted by Gasteiger charge is 2.26. The number of amides is 1. The molecule has 0 bridgehead atoms. The van der Waals surface area contributed by atoms with Crippen molar-refractivity contribution in [3.05, 3.63) is 64.0 Å². The number of hydrogen-bond donors (Lipinski definition) is 0. The van der Waals surface area contributed by atoms with Crippen molar-refractivity contribution in [2.24, 2.45) is 5.10 Å². The van der Waals surface area contributed by atoms with Crippen molar-refractivity contribution in [1.82, 2.24) is 9.58 Å². The molecule has 0 unspecified atom stereocenters. The maximum Gasteiger partial charge on any atom is 0.274 e. The predicted octanol–water partition coefficient (Wildman–Crippen LogP) is 2.64. The molecule has 1 saturated heterocycles. The first-order chi connectivity index (χ1) is 11.6. The van der Waals surface area contributed by atoms with Gasteiger partial charge < -0.3 is 4.57 Å². The molecule has 24 heavy (non-hydrogen) atoms. The van der Waals surface area contributed by atoms with E-state index in [1.807, 2.05) is 16.7 Å². The largest absolute Gasteiger partial charge is 0.342 e. The number of benzene rings is 1. The minimum Gasteiger partial charge on any atom is -0.342 e. The summed E-state index contributed by atoms with van der Waals surface area (Å²) in [6.45, 7) is 0.332. The average Bonchev–Trinajstić information content (AvgIpc) is 3.13. The highest BCUT2D eigenvalue weighted by atomic mass is 32.2. The quantitative estimate of drug-likeness (QED) is 0.354. The second kappa shape index (κ2) is 6.93. The van der Waals surface area contributed by atoms with Crippen molar-refractivity contribution in [2.45, 2.75) is 6.54 Å². The number of carbonyl (C=O) groups is 1. The Labute approximate surface area is 147 Å². The highest BCUT2D eigenvalue weighted by molar-refractivity contribution is 8.23. The summed E-state index contributed by atoms with van der Waals surface area (Å²) in [6, 6.07) is 10.2. The number of thioether (sulfide) groups is 1. The van der Waals surface area contributed by atoms with Crippen molar-refractivity contribution in [3.8, 4) is 0 Å². The van der Waals surface area contributed by atoms with Gasteiger partial charge in [-0.25, -0.2) is 0 Å². The molecule has 3 rings (SSSR count). The lowest BCUT2D eigenvalue weighted by Crippen LogP contribution is -2.22. The molecule has 0 spiro atoms. The van der Waals surface area contributed by atoms with Crippen LogP contribution in [0.1, 0.15) is 11.3 Å². The summed E-state index contributed by atoms with van der Waals surface area (Å²) < 4.78 is 2.25. The Morgan fingerprint density at radius 1 is 1.33 bits per heavy atom. The second-order valence-corrected chi connectivity index (χ2v) is 6.56. The number of hydrazone groups is 1. The number of hydrogen-bond acceptors (Lipinski definition) is 6. The smallest absolute Gasteiger partial charge is 0.274 e. The summed E-state index contributed by atoms with van der Waals surface area (Å²) in [6.07, 6.45) is 3.34. The number of thiocarbonyl (C=S) groups is 1. The van der Waals surface area contributed by atoms with Crippen LogP contribution in [0.3, 0.4) is 0 Å². The molecular weight excluding hydrogens is 348 g/mol. The molecule has 1 aromatic heterocycles. The van der Waals surface area contributed by atoms with E-state index in [1.165, 1.54) is 29.1 Å². The molecule has 1 aliphatic heterocycles. The fourth-order valence-electron chi connectivity index (χ4n) is 2.27. The van der Waals surface area contributed by atoms with E-state index in [-0.39, 0.29) is 11.6 Å². The first-order valence-corrected chi connectivity index (χ1v) is 8.37. The highest BCUT2D eigenvalue weighted by Crippen LogP contribution is 2.21. The third-order valence-corrected chi connectivity index (χ3v) is 4.77. The molecule has 0 radical (unpaired) electrons. The van der Waals surface area contributed by atoms with Crippen LogP contribution < -0.4 is 0 Å². The minimum absolute atomic E-state index is 0.0707. The zero-order valence-electron chi connectivity index (χ0n) is 12.4. The molecule has 0 atom stereocenters. The van der Waals surface area contributed by atoms with E-state index < -0.39 is 4.92 Å². The van der Waals surface area contributed by atoms with Crippen LogP contribution in [0.15, 0.2) is 47.7 Å². The summed E-state index contributed by atoms with van der Waals surface area (Å²) >= 11 is 6.34. The van der Waals surface area contributed by atoms with Crippen molar-refractivity contribution >= 4 is 46.1 Å². The van der Waals surface area contributed by atoms with Gasteiger partial charge in [-0.3, -0.25) is 14.9 Å². The Morgan fingerprint density at radius 3 is 2.83 bits per heavy atom. The molecule has 0 saturated carbocycles. The van der Waals surface area contributed by atoms with Crippen molar-refractivity contribution in [1.29, 1.82) is 0 Å². The Morgan fingerprint density at radius 2 is 2.12 bits per heavy atom. The van der Waals surface area contributed by atoms with Crippen LogP contribution in [0.25, 0.3) is 0 Å². The van der Waals surface area contributed by atoms with Crippen molar-refractivity contribution in [3.63, 3.8) is 0 Å². The van der Waals surface area contributed by atoms with Gasteiger partial charge in [0.2, 0.25) is 0 Å². The Hall–Kier alpha value is -2.52. The summed E-state index contributed by atoms with van der Waals surface area (Å²) in [5.74, 6) is 0.144. The van der Waals surface area contributed by atoms with Crippen molar-refractivity contribution < 1.29 is 9.72 Å². The first kappa shape index (κ1) is 16.3. The van der Waals surface area contributed by atoms with Crippen molar-refractivity contribution in [2.75, 3.05) is 5.75 Å². The van der Waals surface area contributed by atoms with Gasteiger partial charge in [0.15, 0.2) is 4.32 Å². The van der Waals surface area contributed by atoms with Crippen LogP contribution in [0.2, 0.25) is 0 Å². The molecule has 7 nitrogen and oxygen atoms in total. The van der Waals surface area contributed by atoms with Crippen LogP contribution >= 0.6 is 24.0 Å². The van der Waals surface area contributed by atoms with E-state index in [0.717, 1.165) is 5.69 Å². The monoisotopic (exact) mass is 360 g/mol. The number of aromatic nitrogens is 1. The maximum atomic E-state index is 11.7. The van der Waals surface area contributed by atoms with Crippen LogP contribution in [-0.4, -0.2) is 36.7 Å². The molecule has 1 amide bonds. The molecule has 0 aliphatic carbocycles. The van der Waals surface area contributed by atoms with E-state index in [4.69, 9.17) is 12.2 Å². The fraction of sp³-hybridized carbons (Fsp3) is 0.133. The average molecular weight is 360 g/mol. The molecule has 1 aromatic carbocycles. The fourth-order valence-corrected chi connectivity index (χ4v) is 3.24. The Balaban J connectivity index is 1.83. The Kier molecular flexibility index (Phi) is 4.72. The van der Waals surface area contributed by atoms with Gasteiger partial charge in [0.25, 0.3) is 11.6 Å². The van der Waals surface area contributed by atoms with Gasteiger partial charge in [-0.1, -0.05) is 42.2 Å². The second-order valence-electron chi connectivity index (χ2n) is 4.95. The predicted molar refractivity (Wildman–Crippen MR) is 96.1 cm³/mol. The number of carbonyl (C=O) groups excluding carboxylic acids is 1. The van der Waals surface area contributed by atoms with Gasteiger partial charge in [-0.15, -0.1) is 0 Å². The number of rotatable bonds is 5. The SMILES string of the molecule is O=C1CSC(=S)N1/N=C/c1cccn1Cc1ccccc1[N+](=O)[O-]. The third-order valence-electron chi connectivity index (χ3n) is 3.43. The summed E-state index contributed by atoms with van der Waals surface area (Å²) in [5.41, 5.74) is 1.39. The molecule has 2 heterocycles. The molecule has 0 N–H and O–H groups in total. The lowest BCUT2D eigenvalue weighted by Gasteiger charge is -2.09. The normalized spacial score (nSPS) is 14.8. The van der Waals surface area contributed by atoms with Gasteiger partial charge in [0.05, 0.1) is 29.1 Å². The van der Waals surface area contributed by atoms with Crippen LogP contribution in [0.4, 0.5) is 5.69 Å². The molecule has 9 heteroatoms.